The van der Waals surface area contributed by atoms with Gasteiger partial charge in [0, 0.05) is 62.9 Å². The molecule has 2 aromatic carbocycles. The molecular formula is C41H54ClFN4O5S. The van der Waals surface area contributed by atoms with Crippen LogP contribution in [0.15, 0.2) is 42.0 Å². The van der Waals surface area contributed by atoms with Crippen molar-refractivity contribution in [2.45, 2.75) is 94.6 Å². The van der Waals surface area contributed by atoms with E-state index in [-0.39, 0.29) is 40.1 Å². The van der Waals surface area contributed by atoms with E-state index in [0.29, 0.717) is 49.5 Å². The second-order valence-electron chi connectivity index (χ2n) is 17.2. The van der Waals surface area contributed by atoms with Gasteiger partial charge in [0.15, 0.2) is 0 Å². The first-order valence-electron chi connectivity index (χ1n) is 19.5. The molecule has 1 spiro atoms. The summed E-state index contributed by atoms with van der Waals surface area (Å²) in [5, 5.41) is 3.02. The third-order valence-electron chi connectivity index (χ3n) is 13.9. The molecule has 0 unspecified atom stereocenters. The van der Waals surface area contributed by atoms with E-state index in [1.165, 1.54) is 5.57 Å². The maximum Gasteiger partial charge on any atom is 0.264 e. The zero-order chi connectivity index (χ0) is 37.4. The van der Waals surface area contributed by atoms with Crippen molar-refractivity contribution in [2.75, 3.05) is 51.3 Å². The Morgan fingerprint density at radius 3 is 2.53 bits per heavy atom. The van der Waals surface area contributed by atoms with Gasteiger partial charge in [-0.25, -0.2) is 17.5 Å². The number of amides is 1. The minimum Gasteiger partial charge on any atom is -0.490 e. The van der Waals surface area contributed by atoms with Crippen LogP contribution in [-0.2, 0) is 26.6 Å². The van der Waals surface area contributed by atoms with Crippen LogP contribution >= 0.6 is 11.6 Å². The van der Waals surface area contributed by atoms with Crippen LogP contribution in [0.5, 0.6) is 5.75 Å². The molecule has 2 fully saturated rings. The van der Waals surface area contributed by atoms with Crippen molar-refractivity contribution in [3.63, 3.8) is 0 Å². The maximum atomic E-state index is 15.6. The molecule has 288 valence electrons. The number of methoxy groups -OCH3 is 1. The van der Waals surface area contributed by atoms with E-state index in [0.717, 1.165) is 63.0 Å². The summed E-state index contributed by atoms with van der Waals surface area (Å²) in [6, 6.07) is 9.56. The van der Waals surface area contributed by atoms with E-state index in [2.05, 4.69) is 39.8 Å². The van der Waals surface area contributed by atoms with Crippen LogP contribution in [-0.4, -0.2) is 88.6 Å². The Balaban J connectivity index is 1.24. The number of fused-ring (bicyclic) bond motifs is 6. The van der Waals surface area contributed by atoms with Gasteiger partial charge < -0.3 is 19.7 Å². The second kappa shape index (κ2) is 13.8. The Hall–Kier alpha value is -2.70. The fourth-order valence-corrected chi connectivity index (χ4v) is 12.2. The van der Waals surface area contributed by atoms with Crippen molar-refractivity contribution >= 4 is 33.2 Å². The molecule has 1 saturated carbocycles. The summed E-state index contributed by atoms with van der Waals surface area (Å²) in [6.45, 7) is 12.4. The zero-order valence-electron chi connectivity index (χ0n) is 31.6. The van der Waals surface area contributed by atoms with E-state index in [1.807, 2.05) is 20.1 Å². The minimum absolute atomic E-state index is 0.0577. The number of anilines is 1. The molecule has 0 aromatic heterocycles. The van der Waals surface area contributed by atoms with Crippen LogP contribution in [0.1, 0.15) is 81.3 Å². The zero-order valence-corrected chi connectivity index (χ0v) is 33.2. The molecule has 2 N–H and O–H groups in total. The van der Waals surface area contributed by atoms with Crippen molar-refractivity contribution in [3.05, 3.63) is 69.5 Å². The summed E-state index contributed by atoms with van der Waals surface area (Å²) >= 11 is 6.30. The topological polar surface area (TPSA) is 100 Å². The molecule has 53 heavy (non-hydrogen) atoms. The molecule has 2 aromatic rings. The van der Waals surface area contributed by atoms with E-state index in [9.17, 15) is 13.2 Å². The van der Waals surface area contributed by atoms with Crippen LogP contribution in [0.4, 0.5) is 10.1 Å². The van der Waals surface area contributed by atoms with E-state index in [4.69, 9.17) is 21.1 Å². The van der Waals surface area contributed by atoms with Gasteiger partial charge in [0.2, 0.25) is 10.0 Å². The Labute approximate surface area is 319 Å². The molecule has 4 bridgehead atoms. The minimum atomic E-state index is -3.99. The predicted molar refractivity (Wildman–Crippen MR) is 206 cm³/mol. The molecule has 7 aliphatic rings. The van der Waals surface area contributed by atoms with Crippen molar-refractivity contribution in [1.29, 1.82) is 0 Å². The number of halogens is 2. The monoisotopic (exact) mass is 768 g/mol. The quantitative estimate of drug-likeness (QED) is 0.363. The fraction of sp³-hybridized carbons (Fsp3) is 0.634. The number of sulfonamides is 1. The third kappa shape index (κ3) is 6.40. The van der Waals surface area contributed by atoms with Crippen molar-refractivity contribution in [2.24, 2.45) is 23.7 Å². The molecule has 1 amide bonds. The lowest BCUT2D eigenvalue weighted by molar-refractivity contribution is -0.108. The van der Waals surface area contributed by atoms with Gasteiger partial charge in [0.05, 0.1) is 22.6 Å². The van der Waals surface area contributed by atoms with Crippen LogP contribution in [0.3, 0.4) is 0 Å². The van der Waals surface area contributed by atoms with Gasteiger partial charge in [0.1, 0.15) is 17.2 Å². The molecule has 12 heteroatoms. The molecule has 4 aliphatic heterocycles. The SMILES string of the molecule is CO[C@@]1(CN2C[C@@H](C)N[C@@H](C)C2)C2=C[C@@H](C2)[C@H](C)[C@@H](C)S(=O)(=O)NC(=O)c2ccc3c(c2)N(C[C@@H]2CC[C@H]21)C[C@@]1(CCCc2c1ccc(Cl)c2F)CO3. The second-order valence-corrected chi connectivity index (χ2v) is 19.6. The average molecular weight is 769 g/mol. The number of nitrogens with zero attached hydrogens (tertiary/aromatic N) is 2. The number of piperazine rings is 1. The molecular weight excluding hydrogens is 715 g/mol. The van der Waals surface area contributed by atoms with E-state index < -0.39 is 32.2 Å². The number of carbonyl (C=O) groups is 1. The first-order chi connectivity index (χ1) is 25.2. The molecule has 1 saturated heterocycles. The van der Waals surface area contributed by atoms with Crippen LogP contribution in [0.25, 0.3) is 0 Å². The normalized spacial score (nSPS) is 36.8. The highest BCUT2D eigenvalue weighted by Crippen LogP contribution is 2.54. The maximum absolute atomic E-state index is 15.6. The standard InChI is InChI=1S/C41H54ClFN4O5S/c1-24-18-46(19-25(2)44-24)22-41(51-5)31-15-30(16-31)26(3)27(4)53(49,50)45-39(48)28-9-13-37-36(17-28)47(20-29-8-10-33(29)41)21-40(23-52-37)14-6-7-32-34(40)11-12-35(42)38(32)43/h9,11-13,15,17,24-27,29-30,33,44H,6-8,10,14,16,18-23H2,1-5H3,(H,45,48)/t24-,25+,26-,27-,29+,30+,33-,40+,41+/m1/s1. The summed E-state index contributed by atoms with van der Waals surface area (Å²) in [5.41, 5.74) is 2.83. The largest absolute Gasteiger partial charge is 0.490 e. The van der Waals surface area contributed by atoms with Gasteiger partial charge in [-0.1, -0.05) is 30.7 Å². The van der Waals surface area contributed by atoms with Gasteiger partial charge in [0.25, 0.3) is 5.91 Å². The highest BCUT2D eigenvalue weighted by Gasteiger charge is 2.55. The smallest absolute Gasteiger partial charge is 0.264 e. The Morgan fingerprint density at radius 2 is 1.83 bits per heavy atom. The van der Waals surface area contributed by atoms with Crippen molar-refractivity contribution in [1.82, 2.24) is 14.9 Å². The lowest BCUT2D eigenvalue weighted by Gasteiger charge is -2.56. The number of ether oxygens (including phenoxy) is 2. The molecule has 9 nitrogen and oxygen atoms in total. The van der Waals surface area contributed by atoms with Crippen LogP contribution < -0.4 is 19.7 Å². The first kappa shape index (κ1) is 37.2. The number of allylic oxidation sites excluding steroid dienone is 1. The Morgan fingerprint density at radius 1 is 1.08 bits per heavy atom. The average Bonchev–Trinajstić information content (AvgIpc) is 3.23. The van der Waals surface area contributed by atoms with Gasteiger partial charge in [-0.2, -0.15) is 0 Å². The summed E-state index contributed by atoms with van der Waals surface area (Å²) in [7, 11) is -2.13. The summed E-state index contributed by atoms with van der Waals surface area (Å²) < 4.78 is 58.9. The molecule has 0 radical (unpaired) electrons. The highest BCUT2D eigenvalue weighted by molar-refractivity contribution is 7.90. The molecule has 3 aliphatic carbocycles. The Bertz CT molecular complexity index is 1920. The van der Waals surface area contributed by atoms with Crippen LogP contribution in [0, 0.1) is 29.5 Å². The predicted octanol–water partition coefficient (Wildman–Crippen LogP) is 6.09. The molecule has 9 rings (SSSR count). The molecule has 9 atom stereocenters. The number of carbonyl (C=O) groups excluding carboxylic acids is 1. The lowest BCUT2D eigenvalue weighted by Crippen LogP contribution is -2.63. The number of benzene rings is 2. The summed E-state index contributed by atoms with van der Waals surface area (Å²) in [5.74, 6) is -0.00281. The number of rotatable bonds is 3. The molecule has 4 heterocycles. The first-order valence-corrected chi connectivity index (χ1v) is 21.5. The summed E-state index contributed by atoms with van der Waals surface area (Å²) in [4.78, 5) is 18.6. The van der Waals surface area contributed by atoms with Crippen molar-refractivity contribution < 1.29 is 27.1 Å². The van der Waals surface area contributed by atoms with Gasteiger partial charge in [-0.3, -0.25) is 9.69 Å². The highest BCUT2D eigenvalue weighted by atomic mass is 35.5. The van der Waals surface area contributed by atoms with Gasteiger partial charge in [-0.05, 0) is 124 Å². The van der Waals surface area contributed by atoms with Gasteiger partial charge in [-0.15, -0.1) is 0 Å². The third-order valence-corrected chi connectivity index (χ3v) is 16.1. The van der Waals surface area contributed by atoms with Crippen molar-refractivity contribution in [3.8, 4) is 5.75 Å². The van der Waals surface area contributed by atoms with E-state index >= 15 is 4.39 Å². The van der Waals surface area contributed by atoms with Gasteiger partial charge >= 0.3 is 0 Å². The van der Waals surface area contributed by atoms with Crippen LogP contribution in [0.2, 0.25) is 5.02 Å². The number of nitrogens with one attached hydrogen (secondary N) is 2. The fourth-order valence-electron chi connectivity index (χ4n) is 10.7. The lowest BCUT2D eigenvalue weighted by atomic mass is 9.58. The number of hydrogen-bond donors (Lipinski definition) is 2. The van der Waals surface area contributed by atoms with E-state index in [1.54, 1.807) is 31.2 Å². The Kier molecular flexibility index (Phi) is 9.69. The summed E-state index contributed by atoms with van der Waals surface area (Å²) in [6.07, 6.45) is 7.34. The number of hydrogen-bond acceptors (Lipinski definition) is 8.